The number of aromatic nitrogens is 2. The maximum atomic E-state index is 11.0. The molecule has 1 N–H and O–H groups in total. The summed E-state index contributed by atoms with van der Waals surface area (Å²) in [6.07, 6.45) is 0. The lowest BCUT2D eigenvalue weighted by molar-refractivity contribution is -0.384. The van der Waals surface area contributed by atoms with E-state index in [9.17, 15) is 15.2 Å². The minimum atomic E-state index is -0.450. The molecule has 0 aliphatic heterocycles. The van der Waals surface area contributed by atoms with Gasteiger partial charge in [0.1, 0.15) is 0 Å². The van der Waals surface area contributed by atoms with Crippen LogP contribution < -0.4 is 0 Å². The molecule has 3 aromatic rings. The zero-order chi connectivity index (χ0) is 17.1. The normalized spacial score (nSPS) is 10.6. The van der Waals surface area contributed by atoms with Crippen molar-refractivity contribution >= 4 is 5.69 Å². The quantitative estimate of drug-likeness (QED) is 0.586. The Hall–Kier alpha value is -3.12. The highest BCUT2D eigenvalue weighted by Gasteiger charge is 2.16. The van der Waals surface area contributed by atoms with Crippen molar-refractivity contribution in [2.45, 2.75) is 13.5 Å². The van der Waals surface area contributed by atoms with Crippen molar-refractivity contribution < 1.29 is 10.0 Å². The van der Waals surface area contributed by atoms with Gasteiger partial charge < -0.3 is 5.11 Å². The van der Waals surface area contributed by atoms with Gasteiger partial charge in [-0.25, -0.2) is 9.97 Å². The van der Waals surface area contributed by atoms with E-state index >= 15 is 0 Å². The molecule has 24 heavy (non-hydrogen) atoms. The second-order valence-corrected chi connectivity index (χ2v) is 5.29. The SMILES string of the molecule is Cc1nc(-c2ccccc2)nc(-c2cccc([N+](=O)[O-])c2)c1CO. The van der Waals surface area contributed by atoms with Gasteiger partial charge in [-0.2, -0.15) is 0 Å². The van der Waals surface area contributed by atoms with Gasteiger partial charge in [0, 0.05) is 34.5 Å². The maximum Gasteiger partial charge on any atom is 0.270 e. The monoisotopic (exact) mass is 321 g/mol. The van der Waals surface area contributed by atoms with Gasteiger partial charge in [0.05, 0.1) is 17.2 Å². The van der Waals surface area contributed by atoms with E-state index in [0.29, 0.717) is 28.3 Å². The third-order valence-corrected chi connectivity index (χ3v) is 3.73. The summed E-state index contributed by atoms with van der Waals surface area (Å²) in [5.74, 6) is 0.520. The van der Waals surface area contributed by atoms with Crippen LogP contribution >= 0.6 is 0 Å². The molecule has 1 aromatic heterocycles. The fourth-order valence-electron chi connectivity index (χ4n) is 2.51. The highest BCUT2D eigenvalue weighted by Crippen LogP contribution is 2.29. The topological polar surface area (TPSA) is 89.2 Å². The van der Waals surface area contributed by atoms with Gasteiger partial charge in [-0.1, -0.05) is 42.5 Å². The smallest absolute Gasteiger partial charge is 0.270 e. The average molecular weight is 321 g/mol. The summed E-state index contributed by atoms with van der Waals surface area (Å²) in [4.78, 5) is 19.6. The molecule has 0 spiro atoms. The molecule has 2 aromatic carbocycles. The first-order valence-electron chi connectivity index (χ1n) is 7.39. The number of hydrogen-bond acceptors (Lipinski definition) is 5. The van der Waals surface area contributed by atoms with Crippen molar-refractivity contribution in [3.8, 4) is 22.6 Å². The molecule has 0 radical (unpaired) electrons. The molecule has 0 aliphatic rings. The Morgan fingerprint density at radius 3 is 2.42 bits per heavy atom. The van der Waals surface area contributed by atoms with Crippen LogP contribution in [-0.4, -0.2) is 20.0 Å². The predicted molar refractivity (Wildman–Crippen MR) is 90.2 cm³/mol. The molecule has 0 saturated carbocycles. The van der Waals surface area contributed by atoms with E-state index in [1.54, 1.807) is 19.1 Å². The first-order chi connectivity index (χ1) is 11.6. The third-order valence-electron chi connectivity index (χ3n) is 3.73. The van der Waals surface area contributed by atoms with Gasteiger partial charge in [-0.05, 0) is 6.92 Å². The number of benzene rings is 2. The minimum absolute atomic E-state index is 0.0195. The Morgan fingerprint density at radius 2 is 1.75 bits per heavy atom. The second kappa shape index (κ2) is 6.55. The lowest BCUT2D eigenvalue weighted by atomic mass is 10.0. The van der Waals surface area contributed by atoms with E-state index in [1.807, 2.05) is 30.3 Å². The molecule has 0 bridgehead atoms. The van der Waals surface area contributed by atoms with Crippen LogP contribution in [0.3, 0.4) is 0 Å². The number of aliphatic hydroxyl groups is 1. The number of hydrogen-bond donors (Lipinski definition) is 1. The molecule has 0 fully saturated rings. The standard InChI is InChI=1S/C18H15N3O3/c1-12-16(11-22)17(14-8-5-9-15(10-14)21(23)24)20-18(19-12)13-6-3-2-4-7-13/h2-10,22H,11H2,1H3. The van der Waals surface area contributed by atoms with Crippen LogP contribution in [0.15, 0.2) is 54.6 Å². The predicted octanol–water partition coefficient (Wildman–Crippen LogP) is 3.52. The summed E-state index contributed by atoms with van der Waals surface area (Å²) >= 11 is 0. The molecular weight excluding hydrogens is 306 g/mol. The van der Waals surface area contributed by atoms with E-state index in [1.165, 1.54) is 12.1 Å². The van der Waals surface area contributed by atoms with Crippen molar-refractivity contribution in [3.05, 3.63) is 76.0 Å². The molecule has 0 aliphatic carbocycles. The van der Waals surface area contributed by atoms with Crippen molar-refractivity contribution in [1.82, 2.24) is 9.97 Å². The Kier molecular flexibility index (Phi) is 4.31. The number of aliphatic hydroxyl groups excluding tert-OH is 1. The molecule has 0 saturated heterocycles. The van der Waals surface area contributed by atoms with Gasteiger partial charge in [0.2, 0.25) is 0 Å². The zero-order valence-corrected chi connectivity index (χ0v) is 13.0. The van der Waals surface area contributed by atoms with Crippen LogP contribution in [0.2, 0.25) is 0 Å². The fraction of sp³-hybridized carbons (Fsp3) is 0.111. The summed E-state index contributed by atoms with van der Waals surface area (Å²) in [6, 6.07) is 15.7. The van der Waals surface area contributed by atoms with Crippen molar-refractivity contribution in [2.75, 3.05) is 0 Å². The van der Waals surface area contributed by atoms with Crippen LogP contribution in [0, 0.1) is 17.0 Å². The van der Waals surface area contributed by atoms with E-state index in [2.05, 4.69) is 9.97 Å². The van der Waals surface area contributed by atoms with Crippen molar-refractivity contribution in [2.24, 2.45) is 0 Å². The first kappa shape index (κ1) is 15.8. The molecule has 1 heterocycles. The highest BCUT2D eigenvalue weighted by molar-refractivity contribution is 5.69. The molecule has 6 heteroatoms. The highest BCUT2D eigenvalue weighted by atomic mass is 16.6. The number of aryl methyl sites for hydroxylation is 1. The Bertz CT molecular complexity index is 895. The largest absolute Gasteiger partial charge is 0.392 e. The lowest BCUT2D eigenvalue weighted by Gasteiger charge is -2.12. The summed E-state index contributed by atoms with van der Waals surface area (Å²) < 4.78 is 0. The molecular formula is C18H15N3O3. The van der Waals surface area contributed by atoms with Gasteiger partial charge in [-0.15, -0.1) is 0 Å². The fourth-order valence-corrected chi connectivity index (χ4v) is 2.51. The van der Waals surface area contributed by atoms with Gasteiger partial charge in [0.25, 0.3) is 5.69 Å². The number of nitro benzene ring substituents is 1. The minimum Gasteiger partial charge on any atom is -0.392 e. The molecule has 0 amide bonds. The van der Waals surface area contributed by atoms with E-state index in [0.717, 1.165) is 5.56 Å². The number of nitro groups is 1. The van der Waals surface area contributed by atoms with E-state index in [-0.39, 0.29) is 12.3 Å². The summed E-state index contributed by atoms with van der Waals surface area (Å²) in [5.41, 5.74) is 3.12. The number of nitrogens with zero attached hydrogens (tertiary/aromatic N) is 3. The third kappa shape index (κ3) is 3.00. The van der Waals surface area contributed by atoms with Crippen molar-refractivity contribution in [1.29, 1.82) is 0 Å². The van der Waals surface area contributed by atoms with E-state index < -0.39 is 4.92 Å². The van der Waals surface area contributed by atoms with Gasteiger partial charge in [0.15, 0.2) is 5.82 Å². The van der Waals surface area contributed by atoms with Crippen LogP contribution in [-0.2, 0) is 6.61 Å². The summed E-state index contributed by atoms with van der Waals surface area (Å²) in [7, 11) is 0. The first-order valence-corrected chi connectivity index (χ1v) is 7.39. The molecule has 0 unspecified atom stereocenters. The molecule has 120 valence electrons. The lowest BCUT2D eigenvalue weighted by Crippen LogP contribution is -2.03. The van der Waals surface area contributed by atoms with Crippen LogP contribution in [0.5, 0.6) is 0 Å². The van der Waals surface area contributed by atoms with Gasteiger partial charge in [-0.3, -0.25) is 10.1 Å². The van der Waals surface area contributed by atoms with Crippen LogP contribution in [0.4, 0.5) is 5.69 Å². The zero-order valence-electron chi connectivity index (χ0n) is 13.0. The Morgan fingerprint density at radius 1 is 1.04 bits per heavy atom. The molecule has 0 atom stereocenters. The Balaban J connectivity index is 2.21. The van der Waals surface area contributed by atoms with Gasteiger partial charge >= 0.3 is 0 Å². The van der Waals surface area contributed by atoms with Crippen LogP contribution in [0.25, 0.3) is 22.6 Å². The van der Waals surface area contributed by atoms with E-state index in [4.69, 9.17) is 0 Å². The molecule has 6 nitrogen and oxygen atoms in total. The Labute approximate surface area is 138 Å². The summed E-state index contributed by atoms with van der Waals surface area (Å²) in [5, 5.41) is 20.7. The number of rotatable bonds is 4. The average Bonchev–Trinajstić information content (AvgIpc) is 2.62. The number of non-ortho nitro benzene ring substituents is 1. The van der Waals surface area contributed by atoms with Crippen LogP contribution in [0.1, 0.15) is 11.3 Å². The molecule has 3 rings (SSSR count). The van der Waals surface area contributed by atoms with Crippen molar-refractivity contribution in [3.63, 3.8) is 0 Å². The summed E-state index contributed by atoms with van der Waals surface area (Å²) in [6.45, 7) is 1.56. The second-order valence-electron chi connectivity index (χ2n) is 5.29. The maximum absolute atomic E-state index is 11.0.